The molecule has 4 rings (SSSR count). The van der Waals surface area contributed by atoms with Crippen LogP contribution < -0.4 is 0 Å². The van der Waals surface area contributed by atoms with Crippen LogP contribution >= 0.6 is 0 Å². The number of para-hydroxylation sites is 1. The fraction of sp³-hybridized carbons (Fsp3) is 0.526. The number of fused-ring (bicyclic) bond motifs is 2. The van der Waals surface area contributed by atoms with Crippen LogP contribution in [0.1, 0.15) is 28.0 Å². The van der Waals surface area contributed by atoms with Gasteiger partial charge in [0.25, 0.3) is 5.91 Å². The number of likely N-dealkylation sites (tertiary alicyclic amines) is 1. The van der Waals surface area contributed by atoms with Crippen LogP contribution in [0.4, 0.5) is 0 Å². The van der Waals surface area contributed by atoms with Gasteiger partial charge in [0.1, 0.15) is 0 Å². The van der Waals surface area contributed by atoms with Gasteiger partial charge in [0, 0.05) is 30.7 Å². The Hall–Kier alpha value is -1.85. The van der Waals surface area contributed by atoms with Gasteiger partial charge < -0.3 is 19.5 Å². The summed E-state index contributed by atoms with van der Waals surface area (Å²) in [5, 5.41) is 1.14. The number of nitrogens with zero attached hydrogens (tertiary/aromatic N) is 2. The van der Waals surface area contributed by atoms with E-state index in [1.54, 1.807) is 0 Å². The number of piperidine rings is 1. The Kier molecular flexibility index (Phi) is 3.85. The van der Waals surface area contributed by atoms with Gasteiger partial charge >= 0.3 is 0 Å². The molecule has 1 aromatic heterocycles. The molecule has 0 radical (unpaired) electrons. The molecule has 3 heterocycles. The largest absolute Gasteiger partial charge is 0.374 e. The van der Waals surface area contributed by atoms with Crippen LogP contribution in [0.15, 0.2) is 18.2 Å². The molecule has 5 heteroatoms. The normalized spacial score (nSPS) is 25.0. The smallest absolute Gasteiger partial charge is 0.256 e. The van der Waals surface area contributed by atoms with Gasteiger partial charge in [-0.1, -0.05) is 12.1 Å². The second kappa shape index (κ2) is 5.90. The topological polar surface area (TPSA) is 48.6 Å². The van der Waals surface area contributed by atoms with E-state index in [0.29, 0.717) is 13.2 Å². The van der Waals surface area contributed by atoms with Crippen LogP contribution in [-0.4, -0.2) is 66.1 Å². The maximum Gasteiger partial charge on any atom is 0.256 e. The number of aryl methyl sites for hydroxylation is 2. The quantitative estimate of drug-likeness (QED) is 0.874. The summed E-state index contributed by atoms with van der Waals surface area (Å²) in [6.07, 6.45) is 1.17. The molecule has 0 spiro atoms. The third-order valence-corrected chi connectivity index (χ3v) is 5.62. The summed E-state index contributed by atoms with van der Waals surface area (Å²) >= 11 is 0. The van der Waals surface area contributed by atoms with Gasteiger partial charge in [0.15, 0.2) is 0 Å². The summed E-state index contributed by atoms with van der Waals surface area (Å²) in [6.45, 7) is 7.38. The highest BCUT2D eigenvalue weighted by Gasteiger charge is 2.39. The number of rotatable bonds is 1. The number of carbonyl (C=O) groups is 1. The predicted octanol–water partition coefficient (Wildman–Crippen LogP) is 2.33. The number of aromatic amines is 1. The Morgan fingerprint density at radius 1 is 1.29 bits per heavy atom. The number of amides is 1. The van der Waals surface area contributed by atoms with Crippen molar-refractivity contribution >= 4 is 16.8 Å². The standard InChI is InChI=1S/C19H25N3O2/c1-12-13(2)20-18-14(12)5-4-6-15(18)19(23)22-9-10-24-17-7-8-21(3)11-16(17)22/h4-6,16-17,20H,7-11H2,1-3H3. The number of benzene rings is 1. The molecule has 2 unspecified atom stereocenters. The van der Waals surface area contributed by atoms with E-state index in [-0.39, 0.29) is 18.1 Å². The summed E-state index contributed by atoms with van der Waals surface area (Å²) in [5.74, 6) is 0.121. The van der Waals surface area contributed by atoms with Crippen LogP contribution in [0.5, 0.6) is 0 Å². The van der Waals surface area contributed by atoms with Crippen LogP contribution in [0.3, 0.4) is 0 Å². The molecule has 0 bridgehead atoms. The summed E-state index contributed by atoms with van der Waals surface area (Å²) in [4.78, 5) is 21.1. The predicted molar refractivity (Wildman–Crippen MR) is 94.5 cm³/mol. The Morgan fingerprint density at radius 3 is 2.96 bits per heavy atom. The molecular formula is C19H25N3O2. The molecule has 2 aromatic rings. The molecule has 1 amide bonds. The zero-order chi connectivity index (χ0) is 16.8. The first kappa shape index (κ1) is 15.7. The minimum absolute atomic E-state index is 0.121. The number of hydrogen-bond donors (Lipinski definition) is 1. The Labute approximate surface area is 142 Å². The first-order valence-electron chi connectivity index (χ1n) is 8.75. The Bertz CT molecular complexity index is 782. The summed E-state index contributed by atoms with van der Waals surface area (Å²) in [5.41, 5.74) is 4.08. The van der Waals surface area contributed by atoms with Gasteiger partial charge in [-0.15, -0.1) is 0 Å². The molecule has 0 aliphatic carbocycles. The molecule has 5 nitrogen and oxygen atoms in total. The minimum Gasteiger partial charge on any atom is -0.374 e. The monoisotopic (exact) mass is 327 g/mol. The van der Waals surface area contributed by atoms with Gasteiger partial charge in [0.05, 0.1) is 29.8 Å². The van der Waals surface area contributed by atoms with Gasteiger partial charge in [-0.2, -0.15) is 0 Å². The van der Waals surface area contributed by atoms with Crippen molar-refractivity contribution in [2.45, 2.75) is 32.4 Å². The van der Waals surface area contributed by atoms with E-state index in [4.69, 9.17) is 4.74 Å². The van der Waals surface area contributed by atoms with Gasteiger partial charge in [-0.25, -0.2) is 0 Å². The number of likely N-dealkylation sites (N-methyl/N-ethyl adjacent to an activating group) is 1. The van der Waals surface area contributed by atoms with Gasteiger partial charge in [-0.3, -0.25) is 4.79 Å². The number of nitrogens with one attached hydrogen (secondary N) is 1. The van der Waals surface area contributed by atoms with Crippen molar-refractivity contribution < 1.29 is 9.53 Å². The SMILES string of the molecule is Cc1[nH]c2c(C(=O)N3CCOC4CCN(C)CC43)cccc2c1C. The van der Waals surface area contributed by atoms with E-state index in [9.17, 15) is 4.79 Å². The fourth-order valence-electron chi connectivity index (χ4n) is 4.10. The molecule has 2 fully saturated rings. The second-order valence-electron chi connectivity index (χ2n) is 7.13. The summed E-state index contributed by atoms with van der Waals surface area (Å²) < 4.78 is 5.93. The van der Waals surface area contributed by atoms with Crippen LogP contribution in [0.2, 0.25) is 0 Å². The van der Waals surface area contributed by atoms with E-state index in [0.717, 1.165) is 41.7 Å². The number of hydrogen-bond acceptors (Lipinski definition) is 3. The summed E-state index contributed by atoms with van der Waals surface area (Å²) in [6, 6.07) is 6.16. The number of carbonyl (C=O) groups excluding carboxylic acids is 1. The van der Waals surface area contributed by atoms with Crippen molar-refractivity contribution in [3.05, 3.63) is 35.0 Å². The average molecular weight is 327 g/mol. The molecular weight excluding hydrogens is 302 g/mol. The third-order valence-electron chi connectivity index (χ3n) is 5.62. The highest BCUT2D eigenvalue weighted by Crippen LogP contribution is 2.28. The second-order valence-corrected chi connectivity index (χ2v) is 7.13. The zero-order valence-electron chi connectivity index (χ0n) is 14.6. The molecule has 2 aliphatic rings. The zero-order valence-corrected chi connectivity index (χ0v) is 14.6. The fourth-order valence-corrected chi connectivity index (χ4v) is 4.10. The van der Waals surface area contributed by atoms with Crippen molar-refractivity contribution in [1.29, 1.82) is 0 Å². The average Bonchev–Trinajstić information content (AvgIpc) is 2.88. The molecule has 1 aromatic carbocycles. The lowest BCUT2D eigenvalue weighted by atomic mass is 9.97. The molecule has 128 valence electrons. The molecule has 1 N–H and O–H groups in total. The lowest BCUT2D eigenvalue weighted by Gasteiger charge is -2.46. The molecule has 0 saturated carbocycles. The lowest BCUT2D eigenvalue weighted by molar-refractivity contribution is -0.0869. The molecule has 2 aliphatic heterocycles. The Morgan fingerprint density at radius 2 is 2.12 bits per heavy atom. The van der Waals surface area contributed by atoms with E-state index in [1.807, 2.05) is 17.0 Å². The van der Waals surface area contributed by atoms with E-state index < -0.39 is 0 Å². The van der Waals surface area contributed by atoms with E-state index in [2.05, 4.69) is 36.8 Å². The maximum atomic E-state index is 13.3. The highest BCUT2D eigenvalue weighted by molar-refractivity contribution is 6.06. The number of aromatic nitrogens is 1. The minimum atomic E-state index is 0.121. The number of ether oxygens (including phenoxy) is 1. The maximum absolute atomic E-state index is 13.3. The van der Waals surface area contributed by atoms with Crippen LogP contribution in [0.25, 0.3) is 10.9 Å². The highest BCUT2D eigenvalue weighted by atomic mass is 16.5. The van der Waals surface area contributed by atoms with E-state index >= 15 is 0 Å². The van der Waals surface area contributed by atoms with Crippen molar-refractivity contribution in [3.63, 3.8) is 0 Å². The van der Waals surface area contributed by atoms with Crippen molar-refractivity contribution in [2.75, 3.05) is 33.3 Å². The van der Waals surface area contributed by atoms with Gasteiger partial charge in [-0.05, 0) is 38.9 Å². The first-order valence-corrected chi connectivity index (χ1v) is 8.75. The van der Waals surface area contributed by atoms with E-state index in [1.165, 1.54) is 5.56 Å². The van der Waals surface area contributed by atoms with Crippen molar-refractivity contribution in [1.82, 2.24) is 14.8 Å². The summed E-state index contributed by atoms with van der Waals surface area (Å²) in [7, 11) is 2.12. The third kappa shape index (κ3) is 2.43. The Balaban J connectivity index is 1.71. The van der Waals surface area contributed by atoms with Crippen molar-refractivity contribution in [3.8, 4) is 0 Å². The van der Waals surface area contributed by atoms with Crippen molar-refractivity contribution in [2.24, 2.45) is 0 Å². The molecule has 24 heavy (non-hydrogen) atoms. The number of H-pyrrole nitrogens is 1. The first-order chi connectivity index (χ1) is 11.6. The molecule has 2 atom stereocenters. The van der Waals surface area contributed by atoms with Crippen LogP contribution in [-0.2, 0) is 4.74 Å². The van der Waals surface area contributed by atoms with Crippen LogP contribution in [0, 0.1) is 13.8 Å². The van der Waals surface area contributed by atoms with Gasteiger partial charge in [0.2, 0.25) is 0 Å². The molecule has 2 saturated heterocycles. The lowest BCUT2D eigenvalue weighted by Crippen LogP contribution is -2.60. The number of morpholine rings is 1.